The quantitative estimate of drug-likeness (QED) is 0.948. The second-order valence-electron chi connectivity index (χ2n) is 4.99. The number of nitrogens with one attached hydrogen (secondary N) is 1. The van der Waals surface area contributed by atoms with E-state index < -0.39 is 6.10 Å². The molecule has 0 radical (unpaired) electrons. The van der Waals surface area contributed by atoms with Crippen LogP contribution in [0.1, 0.15) is 18.5 Å². The summed E-state index contributed by atoms with van der Waals surface area (Å²) in [4.78, 5) is 12.2. The maximum Gasteiger partial charge on any atom is 0.254 e. The van der Waals surface area contributed by atoms with Crippen LogP contribution in [0, 0.1) is 6.92 Å². The lowest BCUT2D eigenvalue weighted by Gasteiger charge is -2.12. The molecule has 0 saturated carbocycles. The summed E-state index contributed by atoms with van der Waals surface area (Å²) in [5, 5.41) is 7.68. The molecule has 1 N–H and O–H groups in total. The van der Waals surface area contributed by atoms with Gasteiger partial charge in [0, 0.05) is 6.61 Å². The molecule has 1 aromatic heterocycles. The number of ether oxygens (including phenoxy) is 1. The Labute approximate surface area is 127 Å². The first-order valence-electron chi connectivity index (χ1n) is 6.90. The Morgan fingerprint density at radius 2 is 2.19 bits per heavy atom. The number of aryl methyl sites for hydroxylation is 1. The van der Waals surface area contributed by atoms with Crippen molar-refractivity contribution >= 4 is 23.3 Å². The van der Waals surface area contributed by atoms with Crippen LogP contribution in [0.2, 0.25) is 5.02 Å². The van der Waals surface area contributed by atoms with Crippen molar-refractivity contribution in [1.29, 1.82) is 0 Å². The van der Waals surface area contributed by atoms with Gasteiger partial charge in [-0.3, -0.25) is 4.79 Å². The smallest absolute Gasteiger partial charge is 0.254 e. The minimum atomic E-state index is -0.402. The van der Waals surface area contributed by atoms with E-state index in [1.807, 2.05) is 37.3 Å². The number of para-hydroxylation sites is 1. The predicted octanol–water partition coefficient (Wildman–Crippen LogP) is 2.95. The molecule has 0 aliphatic carbocycles. The normalized spacial score (nSPS) is 17.9. The van der Waals surface area contributed by atoms with Crippen LogP contribution in [0.5, 0.6) is 0 Å². The van der Waals surface area contributed by atoms with Gasteiger partial charge in [0.1, 0.15) is 11.1 Å². The number of carbonyl (C=O) groups is 1. The molecule has 6 heteroatoms. The molecule has 5 nitrogen and oxygen atoms in total. The highest BCUT2D eigenvalue weighted by molar-refractivity contribution is 6.34. The first-order chi connectivity index (χ1) is 10.2. The number of halogens is 1. The van der Waals surface area contributed by atoms with E-state index in [-0.39, 0.29) is 5.91 Å². The molecule has 1 atom stereocenters. The van der Waals surface area contributed by atoms with E-state index in [4.69, 9.17) is 16.3 Å². The first kappa shape index (κ1) is 14.1. The SMILES string of the molecule is Cc1nn(-c2ccccc2)c(NC(=O)[C@H]2CCCO2)c1Cl. The molecule has 1 amide bonds. The maximum absolute atomic E-state index is 12.2. The van der Waals surface area contributed by atoms with Crippen molar-refractivity contribution in [2.75, 3.05) is 11.9 Å². The summed E-state index contributed by atoms with van der Waals surface area (Å²) in [6.45, 7) is 2.44. The van der Waals surface area contributed by atoms with Gasteiger partial charge in [-0.05, 0) is 31.9 Å². The predicted molar refractivity (Wildman–Crippen MR) is 80.9 cm³/mol. The Kier molecular flexibility index (Phi) is 3.94. The molecule has 2 aromatic rings. The van der Waals surface area contributed by atoms with Gasteiger partial charge in [-0.2, -0.15) is 5.10 Å². The van der Waals surface area contributed by atoms with E-state index in [9.17, 15) is 4.79 Å². The van der Waals surface area contributed by atoms with Crippen LogP contribution < -0.4 is 5.32 Å². The molecule has 21 heavy (non-hydrogen) atoms. The average Bonchev–Trinajstić information content (AvgIpc) is 3.12. The van der Waals surface area contributed by atoms with Crippen LogP contribution in [0.4, 0.5) is 5.82 Å². The third-order valence-corrected chi connectivity index (χ3v) is 3.90. The number of nitrogens with zero attached hydrogens (tertiary/aromatic N) is 2. The molecule has 1 aliphatic heterocycles. The Morgan fingerprint density at radius 1 is 1.43 bits per heavy atom. The lowest BCUT2D eigenvalue weighted by Crippen LogP contribution is -2.28. The number of hydrogen-bond acceptors (Lipinski definition) is 3. The summed E-state index contributed by atoms with van der Waals surface area (Å²) in [5.74, 6) is 0.312. The molecule has 1 fully saturated rings. The van der Waals surface area contributed by atoms with Crippen molar-refractivity contribution in [3.05, 3.63) is 41.0 Å². The summed E-state index contributed by atoms with van der Waals surface area (Å²) in [5.41, 5.74) is 1.51. The Morgan fingerprint density at radius 3 is 2.86 bits per heavy atom. The highest BCUT2D eigenvalue weighted by atomic mass is 35.5. The van der Waals surface area contributed by atoms with Gasteiger partial charge in [0.25, 0.3) is 5.91 Å². The highest BCUT2D eigenvalue weighted by Gasteiger charge is 2.26. The van der Waals surface area contributed by atoms with Gasteiger partial charge in [-0.25, -0.2) is 4.68 Å². The topological polar surface area (TPSA) is 56.2 Å². The number of hydrogen-bond donors (Lipinski definition) is 1. The lowest BCUT2D eigenvalue weighted by atomic mass is 10.2. The molecular weight excluding hydrogens is 290 g/mol. The number of rotatable bonds is 3. The van der Waals surface area contributed by atoms with E-state index in [1.165, 1.54) is 0 Å². The van der Waals surface area contributed by atoms with Crippen LogP contribution in [0.15, 0.2) is 30.3 Å². The lowest BCUT2D eigenvalue weighted by molar-refractivity contribution is -0.124. The minimum Gasteiger partial charge on any atom is -0.368 e. The van der Waals surface area contributed by atoms with Gasteiger partial charge in [0.15, 0.2) is 5.82 Å². The van der Waals surface area contributed by atoms with Crippen molar-refractivity contribution in [3.63, 3.8) is 0 Å². The van der Waals surface area contributed by atoms with Crippen LogP contribution in [0.25, 0.3) is 5.69 Å². The molecule has 1 saturated heterocycles. The van der Waals surface area contributed by atoms with E-state index in [0.29, 0.717) is 23.1 Å². The van der Waals surface area contributed by atoms with E-state index in [1.54, 1.807) is 4.68 Å². The van der Waals surface area contributed by atoms with Crippen LogP contribution in [-0.2, 0) is 9.53 Å². The molecule has 110 valence electrons. The van der Waals surface area contributed by atoms with Crippen molar-refractivity contribution in [3.8, 4) is 5.69 Å². The number of amides is 1. The van der Waals surface area contributed by atoms with Crippen molar-refractivity contribution in [2.24, 2.45) is 0 Å². The van der Waals surface area contributed by atoms with Gasteiger partial charge in [0.05, 0.1) is 11.4 Å². The largest absolute Gasteiger partial charge is 0.368 e. The Balaban J connectivity index is 1.92. The Hall–Kier alpha value is -1.85. The molecule has 0 unspecified atom stereocenters. The summed E-state index contributed by atoms with van der Waals surface area (Å²) < 4.78 is 7.04. The van der Waals surface area contributed by atoms with E-state index >= 15 is 0 Å². The highest BCUT2D eigenvalue weighted by Crippen LogP contribution is 2.29. The monoisotopic (exact) mass is 305 g/mol. The minimum absolute atomic E-state index is 0.175. The van der Waals surface area contributed by atoms with Crippen LogP contribution in [0.3, 0.4) is 0 Å². The fourth-order valence-corrected chi connectivity index (χ4v) is 2.52. The molecule has 1 aromatic carbocycles. The zero-order valence-corrected chi connectivity index (χ0v) is 12.4. The fraction of sp³-hybridized carbons (Fsp3) is 0.333. The van der Waals surface area contributed by atoms with Gasteiger partial charge in [-0.1, -0.05) is 29.8 Å². The molecule has 2 heterocycles. The van der Waals surface area contributed by atoms with Gasteiger partial charge < -0.3 is 10.1 Å². The Bertz CT molecular complexity index is 648. The van der Waals surface area contributed by atoms with Gasteiger partial charge >= 0.3 is 0 Å². The van der Waals surface area contributed by atoms with Crippen LogP contribution >= 0.6 is 11.6 Å². The summed E-state index contributed by atoms with van der Waals surface area (Å²) in [6, 6.07) is 9.55. The molecule has 3 rings (SSSR count). The third kappa shape index (κ3) is 2.80. The maximum atomic E-state index is 12.2. The molecule has 0 spiro atoms. The fourth-order valence-electron chi connectivity index (χ4n) is 2.35. The second-order valence-corrected chi connectivity index (χ2v) is 5.36. The number of benzene rings is 1. The van der Waals surface area contributed by atoms with Gasteiger partial charge in [-0.15, -0.1) is 0 Å². The summed E-state index contributed by atoms with van der Waals surface area (Å²) >= 11 is 6.28. The van der Waals surface area contributed by atoms with E-state index in [2.05, 4.69) is 10.4 Å². The van der Waals surface area contributed by atoms with Gasteiger partial charge in [0.2, 0.25) is 0 Å². The number of carbonyl (C=O) groups excluding carboxylic acids is 1. The molecule has 1 aliphatic rings. The third-order valence-electron chi connectivity index (χ3n) is 3.45. The van der Waals surface area contributed by atoms with Crippen molar-refractivity contribution < 1.29 is 9.53 Å². The van der Waals surface area contributed by atoms with Crippen molar-refractivity contribution in [1.82, 2.24) is 9.78 Å². The standard InChI is InChI=1S/C15H16ClN3O2/c1-10-13(16)14(17-15(20)12-8-5-9-21-12)19(18-10)11-6-3-2-4-7-11/h2-4,6-7,12H,5,8-9H2,1H3,(H,17,20)/t12-/m1/s1. The molecular formula is C15H16ClN3O2. The number of aromatic nitrogens is 2. The zero-order valence-electron chi connectivity index (χ0n) is 11.7. The zero-order chi connectivity index (χ0) is 14.8. The first-order valence-corrected chi connectivity index (χ1v) is 7.27. The number of anilines is 1. The van der Waals surface area contributed by atoms with Crippen LogP contribution in [-0.4, -0.2) is 28.4 Å². The van der Waals surface area contributed by atoms with Crippen molar-refractivity contribution in [2.45, 2.75) is 25.9 Å². The second kappa shape index (κ2) is 5.87. The summed E-state index contributed by atoms with van der Waals surface area (Å²) in [7, 11) is 0. The average molecular weight is 306 g/mol. The van der Waals surface area contributed by atoms with E-state index in [0.717, 1.165) is 18.5 Å². The summed E-state index contributed by atoms with van der Waals surface area (Å²) in [6.07, 6.45) is 1.24. The molecule has 0 bridgehead atoms.